The maximum Gasteiger partial charge on any atom is 0.164 e. The van der Waals surface area contributed by atoms with Crippen LogP contribution in [0.3, 0.4) is 0 Å². The molecule has 1 atom stereocenters. The van der Waals surface area contributed by atoms with Crippen LogP contribution in [-0.2, 0) is 5.41 Å². The van der Waals surface area contributed by atoms with Crippen molar-refractivity contribution in [2.75, 3.05) is 0 Å². The minimum absolute atomic E-state index is 0.541. The maximum absolute atomic E-state index is 5.10. The molecule has 1 aliphatic rings. The van der Waals surface area contributed by atoms with Gasteiger partial charge in [0.1, 0.15) is 0 Å². The molecule has 11 aromatic carbocycles. The zero-order valence-corrected chi connectivity index (χ0v) is 37.7. The number of rotatable bonds is 8. The van der Waals surface area contributed by atoms with Crippen molar-refractivity contribution in [3.8, 4) is 78.7 Å². The Hall–Kier alpha value is -9.05. The van der Waals surface area contributed by atoms with Crippen molar-refractivity contribution < 1.29 is 0 Å². The maximum atomic E-state index is 5.10. The lowest BCUT2D eigenvalue weighted by molar-refractivity contribution is 0.776. The van der Waals surface area contributed by atoms with Gasteiger partial charge < -0.3 is 0 Å². The van der Waals surface area contributed by atoms with Crippen molar-refractivity contribution in [3.05, 3.63) is 283 Å². The molecule has 1 aliphatic carbocycles. The average molecular weight is 878 g/mol. The molecule has 13 rings (SSSR count). The normalized spacial score (nSPS) is 13.9. The molecule has 0 N–H and O–H groups in total. The van der Waals surface area contributed by atoms with E-state index in [-0.39, 0.29) is 0 Å². The number of hydrogen-bond donors (Lipinski definition) is 0. The molecule has 3 heteroatoms. The number of benzene rings is 11. The molecular formula is C66H43N3. The summed E-state index contributed by atoms with van der Waals surface area (Å²) in [5, 5.41) is 5.12. The Kier molecular flexibility index (Phi) is 9.73. The quantitative estimate of drug-likeness (QED) is 0.143. The van der Waals surface area contributed by atoms with Crippen molar-refractivity contribution >= 4 is 21.5 Å². The van der Waals surface area contributed by atoms with Gasteiger partial charge in [0, 0.05) is 16.7 Å². The van der Waals surface area contributed by atoms with E-state index >= 15 is 0 Å². The van der Waals surface area contributed by atoms with E-state index in [2.05, 4.69) is 224 Å². The number of aromatic nitrogens is 3. The van der Waals surface area contributed by atoms with Crippen molar-refractivity contribution in [1.29, 1.82) is 0 Å². The van der Waals surface area contributed by atoms with E-state index in [0.29, 0.717) is 17.5 Å². The van der Waals surface area contributed by atoms with Crippen LogP contribution < -0.4 is 0 Å². The standard InChI is InChI=1S/C66H43N3/c1-4-16-44(17-5-1)45-28-30-46(31-29-45)47-32-36-51(37-33-47)64-67-63(50-18-6-2-7-19-50)68-65(69-64)52-38-34-48(35-39-52)49-40-42-54(43-41-49)66(53-20-8-3-9-21-53)60-27-15-14-26-59(60)61-57-24-12-10-22-55(57)56-23-11-13-25-58(56)62(61)66/h1-43H. The van der Waals surface area contributed by atoms with Crippen LogP contribution in [0, 0.1) is 0 Å². The first-order valence-electron chi connectivity index (χ1n) is 23.6. The van der Waals surface area contributed by atoms with Crippen LogP contribution in [0.1, 0.15) is 22.3 Å². The zero-order valence-electron chi connectivity index (χ0n) is 37.7. The van der Waals surface area contributed by atoms with E-state index in [4.69, 9.17) is 15.0 Å². The lowest BCUT2D eigenvalue weighted by Gasteiger charge is -2.35. The molecular weight excluding hydrogens is 835 g/mol. The Morgan fingerprint density at radius 3 is 1.06 bits per heavy atom. The van der Waals surface area contributed by atoms with Crippen LogP contribution in [0.5, 0.6) is 0 Å². The second-order valence-corrected chi connectivity index (χ2v) is 17.9. The SMILES string of the molecule is c1ccc(-c2ccc(-c3ccc(-c4nc(-c5ccccc5)nc(-c5ccc(-c6ccc(C7(c8ccccc8)c8ccccc8-c8c7c7ccccc7c7ccccc87)cc6)cc5)n4)cc3)cc2)cc1. The van der Waals surface area contributed by atoms with Gasteiger partial charge in [-0.15, -0.1) is 0 Å². The molecule has 322 valence electrons. The second kappa shape index (κ2) is 16.7. The summed E-state index contributed by atoms with van der Waals surface area (Å²) in [7, 11) is 0. The predicted molar refractivity (Wildman–Crippen MR) is 285 cm³/mol. The van der Waals surface area contributed by atoms with Crippen LogP contribution in [-0.4, -0.2) is 15.0 Å². The first-order chi connectivity index (χ1) is 34.2. The van der Waals surface area contributed by atoms with Crippen molar-refractivity contribution in [2.45, 2.75) is 5.41 Å². The van der Waals surface area contributed by atoms with Gasteiger partial charge in [0.15, 0.2) is 17.5 Å². The number of fused-ring (bicyclic) bond motifs is 8. The summed E-state index contributed by atoms with van der Waals surface area (Å²) >= 11 is 0. The third-order valence-electron chi connectivity index (χ3n) is 14.0. The summed E-state index contributed by atoms with van der Waals surface area (Å²) in [4.78, 5) is 15.2. The van der Waals surface area contributed by atoms with E-state index in [0.717, 1.165) is 38.9 Å². The molecule has 0 spiro atoms. The summed E-state index contributed by atoms with van der Waals surface area (Å²) in [6, 6.07) is 93.8. The van der Waals surface area contributed by atoms with Crippen LogP contribution in [0.25, 0.3) is 100 Å². The molecule has 0 amide bonds. The largest absolute Gasteiger partial charge is 0.208 e. The molecule has 1 unspecified atom stereocenters. The summed E-state index contributed by atoms with van der Waals surface area (Å²) in [6.07, 6.45) is 0. The van der Waals surface area contributed by atoms with Gasteiger partial charge in [0.25, 0.3) is 0 Å². The molecule has 69 heavy (non-hydrogen) atoms. The minimum atomic E-state index is -0.541. The molecule has 3 nitrogen and oxygen atoms in total. The number of nitrogens with zero attached hydrogens (tertiary/aromatic N) is 3. The average Bonchev–Trinajstić information content (AvgIpc) is 3.76. The third-order valence-corrected chi connectivity index (χ3v) is 14.0. The van der Waals surface area contributed by atoms with Crippen LogP contribution in [0.15, 0.2) is 261 Å². The summed E-state index contributed by atoms with van der Waals surface area (Å²) in [6.45, 7) is 0. The first kappa shape index (κ1) is 40.2. The molecule has 1 aromatic heterocycles. The minimum Gasteiger partial charge on any atom is -0.208 e. The van der Waals surface area contributed by atoms with Crippen LogP contribution in [0.4, 0.5) is 0 Å². The van der Waals surface area contributed by atoms with Crippen molar-refractivity contribution in [1.82, 2.24) is 15.0 Å². The van der Waals surface area contributed by atoms with Gasteiger partial charge in [-0.2, -0.15) is 0 Å². The fourth-order valence-electron chi connectivity index (χ4n) is 10.8. The summed E-state index contributed by atoms with van der Waals surface area (Å²) in [5.74, 6) is 1.90. The van der Waals surface area contributed by atoms with Gasteiger partial charge in [-0.05, 0) is 88.3 Å². The van der Waals surface area contributed by atoms with Crippen molar-refractivity contribution in [3.63, 3.8) is 0 Å². The predicted octanol–water partition coefficient (Wildman–Crippen LogP) is 16.5. The fraction of sp³-hybridized carbons (Fsp3) is 0.0152. The first-order valence-corrected chi connectivity index (χ1v) is 23.6. The van der Waals surface area contributed by atoms with Gasteiger partial charge in [0.05, 0.1) is 5.41 Å². The zero-order chi connectivity index (χ0) is 45.7. The Balaban J connectivity index is 0.866. The summed E-state index contributed by atoms with van der Waals surface area (Å²) in [5.41, 5.74) is 17.0. The smallest absolute Gasteiger partial charge is 0.164 e. The van der Waals surface area contributed by atoms with E-state index in [1.807, 2.05) is 36.4 Å². The van der Waals surface area contributed by atoms with Gasteiger partial charge in [-0.3, -0.25) is 0 Å². The Morgan fingerprint density at radius 2 is 0.551 bits per heavy atom. The highest BCUT2D eigenvalue weighted by atomic mass is 15.0. The molecule has 12 aromatic rings. The van der Waals surface area contributed by atoms with Gasteiger partial charge >= 0.3 is 0 Å². The van der Waals surface area contributed by atoms with Gasteiger partial charge in [-0.1, -0.05) is 261 Å². The summed E-state index contributed by atoms with van der Waals surface area (Å²) < 4.78 is 0. The van der Waals surface area contributed by atoms with E-state index in [9.17, 15) is 0 Å². The van der Waals surface area contributed by atoms with E-state index in [1.165, 1.54) is 66.1 Å². The Bertz CT molecular complexity index is 3830. The highest BCUT2D eigenvalue weighted by Crippen LogP contribution is 2.60. The molecule has 0 saturated carbocycles. The van der Waals surface area contributed by atoms with Crippen LogP contribution >= 0.6 is 0 Å². The molecule has 0 aliphatic heterocycles. The lowest BCUT2D eigenvalue weighted by Crippen LogP contribution is -2.28. The van der Waals surface area contributed by atoms with Gasteiger partial charge in [-0.25, -0.2) is 15.0 Å². The molecule has 0 saturated heterocycles. The molecule has 0 fully saturated rings. The number of hydrogen-bond acceptors (Lipinski definition) is 3. The highest BCUT2D eigenvalue weighted by molar-refractivity contribution is 6.19. The molecule has 0 radical (unpaired) electrons. The Labute approximate surface area is 401 Å². The molecule has 1 heterocycles. The molecule has 0 bridgehead atoms. The monoisotopic (exact) mass is 877 g/mol. The third kappa shape index (κ3) is 6.78. The van der Waals surface area contributed by atoms with E-state index < -0.39 is 5.41 Å². The second-order valence-electron chi connectivity index (χ2n) is 17.9. The van der Waals surface area contributed by atoms with E-state index in [1.54, 1.807) is 0 Å². The van der Waals surface area contributed by atoms with Crippen molar-refractivity contribution in [2.24, 2.45) is 0 Å². The topological polar surface area (TPSA) is 38.7 Å². The fourth-order valence-corrected chi connectivity index (χ4v) is 10.8. The Morgan fingerprint density at radius 1 is 0.232 bits per heavy atom. The highest BCUT2D eigenvalue weighted by Gasteiger charge is 2.47. The lowest BCUT2D eigenvalue weighted by atomic mass is 9.66. The van der Waals surface area contributed by atoms with Crippen LogP contribution in [0.2, 0.25) is 0 Å². The van der Waals surface area contributed by atoms with Gasteiger partial charge in [0.2, 0.25) is 0 Å².